The monoisotopic (exact) mass is 801 g/mol. The Kier molecular flexibility index (Phi) is 13.6. The first-order valence-electron chi connectivity index (χ1n) is 17.5. The van der Waals surface area contributed by atoms with E-state index in [-0.39, 0.29) is 22.9 Å². The fourth-order valence-corrected chi connectivity index (χ4v) is 7.60. The highest BCUT2D eigenvalue weighted by Crippen LogP contribution is 2.41. The summed E-state index contributed by atoms with van der Waals surface area (Å²) < 4.78 is 8.09. The van der Waals surface area contributed by atoms with E-state index in [4.69, 9.17) is 9.84 Å². The molecule has 4 aromatic rings. The first-order chi connectivity index (χ1) is 24.1. The molecule has 2 aliphatic heterocycles. The van der Waals surface area contributed by atoms with Gasteiger partial charge in [0.2, 0.25) is 0 Å². The van der Waals surface area contributed by atoms with Crippen molar-refractivity contribution < 1.29 is 24.2 Å². The number of ketones is 3. The maximum atomic E-state index is 12.6. The van der Waals surface area contributed by atoms with Crippen LogP contribution in [0.15, 0.2) is 93.9 Å². The molecule has 2 N–H and O–H groups in total. The van der Waals surface area contributed by atoms with Crippen LogP contribution in [0, 0.1) is 0 Å². The summed E-state index contributed by atoms with van der Waals surface area (Å²) in [5, 5.41) is 12.4. The fraction of sp³-hybridized carbons (Fsp3) is 0.357. The second-order valence-electron chi connectivity index (χ2n) is 13.3. The highest BCUT2D eigenvalue weighted by atomic mass is 79.9. The molecule has 2 heterocycles. The molecular formula is C42H45Br2NO5. The Morgan fingerprint density at radius 2 is 1.36 bits per heavy atom. The molecule has 1 atom stereocenters. The van der Waals surface area contributed by atoms with E-state index in [1.807, 2.05) is 24.3 Å². The van der Waals surface area contributed by atoms with Crippen LogP contribution in [0.1, 0.15) is 94.8 Å². The van der Waals surface area contributed by atoms with Gasteiger partial charge in [0.15, 0.2) is 11.6 Å². The third kappa shape index (κ3) is 10.5. The number of halogens is 2. The number of nitrogens with one attached hydrogen (secondary N) is 1. The first kappa shape index (κ1) is 37.7. The molecule has 1 spiro atoms. The van der Waals surface area contributed by atoms with Crippen LogP contribution in [0.5, 0.6) is 11.5 Å². The average molecular weight is 804 g/mol. The number of benzene rings is 4. The fourth-order valence-electron chi connectivity index (χ4n) is 6.88. The lowest BCUT2D eigenvalue weighted by atomic mass is 9.83. The Morgan fingerprint density at radius 1 is 0.740 bits per heavy atom. The smallest absolute Gasteiger partial charge is 0.170 e. The highest BCUT2D eigenvalue weighted by molar-refractivity contribution is 9.10. The molecule has 1 unspecified atom stereocenters. The van der Waals surface area contributed by atoms with Gasteiger partial charge in [0.25, 0.3) is 0 Å². The molecule has 1 saturated heterocycles. The maximum absolute atomic E-state index is 12.6. The van der Waals surface area contributed by atoms with Crippen LogP contribution in [0.4, 0.5) is 0 Å². The van der Waals surface area contributed by atoms with Crippen LogP contribution >= 0.6 is 31.9 Å². The van der Waals surface area contributed by atoms with Gasteiger partial charge >= 0.3 is 0 Å². The number of phenols is 1. The lowest BCUT2D eigenvalue weighted by molar-refractivity contribution is -0.118. The number of carbonyl (C=O) groups is 3. The molecule has 0 radical (unpaired) electrons. The molecule has 0 amide bonds. The van der Waals surface area contributed by atoms with Crippen LogP contribution in [0.25, 0.3) is 0 Å². The molecule has 4 aromatic carbocycles. The van der Waals surface area contributed by atoms with E-state index in [1.165, 1.54) is 61.2 Å². The molecule has 8 rings (SSSR count). The Balaban J connectivity index is 0.000000147. The van der Waals surface area contributed by atoms with Crippen molar-refractivity contribution in [3.05, 3.63) is 127 Å². The zero-order valence-corrected chi connectivity index (χ0v) is 31.8. The minimum Gasteiger partial charge on any atom is -0.507 e. The summed E-state index contributed by atoms with van der Waals surface area (Å²) in [5.41, 5.74) is 6.01. The van der Waals surface area contributed by atoms with Crippen molar-refractivity contribution in [1.82, 2.24) is 5.32 Å². The van der Waals surface area contributed by atoms with Gasteiger partial charge in [0.1, 0.15) is 22.9 Å². The molecule has 2 aliphatic carbocycles. The highest BCUT2D eigenvalue weighted by Gasteiger charge is 2.41. The Bertz CT molecular complexity index is 1810. The number of phenolic OH excluding ortho intramolecular Hbond substituents is 1. The molecule has 0 saturated carbocycles. The van der Waals surface area contributed by atoms with Gasteiger partial charge in [-0.2, -0.15) is 0 Å². The van der Waals surface area contributed by atoms with E-state index in [0.29, 0.717) is 29.8 Å². The molecule has 0 bridgehead atoms. The van der Waals surface area contributed by atoms with Crippen molar-refractivity contribution >= 4 is 49.2 Å². The molecule has 1 fully saturated rings. The van der Waals surface area contributed by atoms with Gasteiger partial charge in [0.05, 0.1) is 17.5 Å². The van der Waals surface area contributed by atoms with E-state index in [1.54, 1.807) is 12.1 Å². The predicted octanol–water partition coefficient (Wildman–Crippen LogP) is 9.59. The van der Waals surface area contributed by atoms with Crippen LogP contribution in [-0.4, -0.2) is 41.1 Å². The zero-order chi connectivity index (χ0) is 35.5. The number of hydrogen-bond donors (Lipinski definition) is 2. The number of ether oxygens (including phenoxy) is 1. The number of Topliss-reactive ketones (excluding diaryl/α,β-unsaturated/α-hetero) is 3. The minimum absolute atomic E-state index is 0.0284. The molecule has 6 nitrogen and oxygen atoms in total. The SMILES string of the molecule is C1CCNC1.CC(=O)c1cc(Br)ccc1O.O=C1CC2(CCCc3ccccc3C2)Oc2ccc(Br)cc21.O=C1CCCc2ccccc2C1. The van der Waals surface area contributed by atoms with E-state index < -0.39 is 0 Å². The lowest BCUT2D eigenvalue weighted by Gasteiger charge is -2.37. The van der Waals surface area contributed by atoms with Gasteiger partial charge in [-0.15, -0.1) is 0 Å². The van der Waals surface area contributed by atoms with E-state index in [9.17, 15) is 14.4 Å². The third-order valence-electron chi connectivity index (χ3n) is 9.46. The Labute approximate surface area is 312 Å². The number of fused-ring (bicyclic) bond motifs is 3. The summed E-state index contributed by atoms with van der Waals surface area (Å²) >= 11 is 6.63. The van der Waals surface area contributed by atoms with Crippen LogP contribution in [0.2, 0.25) is 0 Å². The van der Waals surface area contributed by atoms with Crippen molar-refractivity contribution in [2.24, 2.45) is 0 Å². The zero-order valence-electron chi connectivity index (χ0n) is 28.6. The molecule has 4 aliphatic rings. The number of carbonyl (C=O) groups excluding carboxylic acids is 3. The largest absolute Gasteiger partial charge is 0.507 e. The van der Waals surface area contributed by atoms with Gasteiger partial charge in [0, 0.05) is 28.2 Å². The van der Waals surface area contributed by atoms with Crippen molar-refractivity contribution in [3.63, 3.8) is 0 Å². The number of hydrogen-bond acceptors (Lipinski definition) is 6. The second-order valence-corrected chi connectivity index (χ2v) is 15.2. The summed E-state index contributed by atoms with van der Waals surface area (Å²) in [5.74, 6) is 1.21. The van der Waals surface area contributed by atoms with E-state index >= 15 is 0 Å². The summed E-state index contributed by atoms with van der Waals surface area (Å²) in [6.45, 7) is 3.92. The lowest BCUT2D eigenvalue weighted by Crippen LogP contribution is -2.43. The summed E-state index contributed by atoms with van der Waals surface area (Å²) in [4.78, 5) is 34.7. The molecule has 0 aromatic heterocycles. The quantitative estimate of drug-likeness (QED) is 0.147. The topological polar surface area (TPSA) is 92.7 Å². The molecule has 262 valence electrons. The average Bonchev–Trinajstić information content (AvgIpc) is 3.57. The van der Waals surface area contributed by atoms with Crippen molar-refractivity contribution in [1.29, 1.82) is 0 Å². The van der Waals surface area contributed by atoms with Gasteiger partial charge in [-0.05, 0) is 124 Å². The van der Waals surface area contributed by atoms with Crippen LogP contribution < -0.4 is 10.1 Å². The number of rotatable bonds is 1. The molecular weight excluding hydrogens is 758 g/mol. The van der Waals surface area contributed by atoms with Gasteiger partial charge in [-0.3, -0.25) is 14.4 Å². The number of aryl methyl sites for hydroxylation is 2. The van der Waals surface area contributed by atoms with E-state index in [0.717, 1.165) is 59.6 Å². The molecule has 50 heavy (non-hydrogen) atoms. The maximum Gasteiger partial charge on any atom is 0.170 e. The normalized spacial score (nSPS) is 18.9. The van der Waals surface area contributed by atoms with Crippen LogP contribution in [0.3, 0.4) is 0 Å². The van der Waals surface area contributed by atoms with Gasteiger partial charge in [-0.25, -0.2) is 0 Å². The van der Waals surface area contributed by atoms with Crippen molar-refractivity contribution in [2.75, 3.05) is 13.1 Å². The number of aromatic hydroxyl groups is 1. The van der Waals surface area contributed by atoms with Crippen LogP contribution in [-0.2, 0) is 30.5 Å². The van der Waals surface area contributed by atoms with Gasteiger partial charge in [-0.1, -0.05) is 80.4 Å². The summed E-state index contributed by atoms with van der Waals surface area (Å²) in [6, 6.07) is 27.3. The summed E-state index contributed by atoms with van der Waals surface area (Å²) in [7, 11) is 0. The second kappa shape index (κ2) is 18.1. The summed E-state index contributed by atoms with van der Waals surface area (Å²) in [6.07, 6.45) is 10.7. The van der Waals surface area contributed by atoms with Crippen molar-refractivity contribution in [2.45, 2.75) is 83.2 Å². The van der Waals surface area contributed by atoms with Gasteiger partial charge < -0.3 is 15.2 Å². The first-order valence-corrected chi connectivity index (χ1v) is 19.1. The predicted molar refractivity (Wildman–Crippen MR) is 206 cm³/mol. The minimum atomic E-state index is -0.371. The van der Waals surface area contributed by atoms with E-state index in [2.05, 4.69) is 79.6 Å². The van der Waals surface area contributed by atoms with Crippen molar-refractivity contribution in [3.8, 4) is 11.5 Å². The standard InChI is InChI=1S/C19H17BrO2.C11H12O.C8H7BrO2.C4H9N/c20-15-7-8-18-16(10-15)17(21)12-19(22-18)9-3-6-13-4-1-2-5-14(13)11-19;12-11-7-3-6-9-4-1-2-5-10(9)8-11;1-5(10)7-4-6(9)2-3-8(7)11;1-2-4-5-3-1/h1-2,4-5,7-8,10H,3,6,9,11-12H2;1-2,4-5H,3,6-8H2;2-4,11H,1H3;5H,1-4H2. The third-order valence-corrected chi connectivity index (χ3v) is 10.4. The Hall–Kier alpha value is -3.59. The molecule has 8 heteroatoms. The Morgan fingerprint density at radius 3 is 2.02 bits per heavy atom.